The summed E-state index contributed by atoms with van der Waals surface area (Å²) in [4.78, 5) is 72.8. The number of rotatable bonds is 74. The zero-order valence-corrected chi connectivity index (χ0v) is 64.8. The van der Waals surface area contributed by atoms with Gasteiger partial charge in [0.15, 0.2) is 12.2 Å². The molecule has 0 aromatic carbocycles. The summed E-state index contributed by atoms with van der Waals surface area (Å²) in [7, 11) is -9.91. The molecular formula is C77H150O17P2. The molecule has 0 bridgehead atoms. The zero-order chi connectivity index (χ0) is 71.0. The third-order valence-electron chi connectivity index (χ3n) is 18.5. The van der Waals surface area contributed by atoms with Gasteiger partial charge in [0.2, 0.25) is 0 Å². The molecular weight excluding hydrogens is 1260 g/mol. The molecule has 0 fully saturated rings. The van der Waals surface area contributed by atoms with Crippen LogP contribution in [0.3, 0.4) is 0 Å². The number of carbonyl (C=O) groups is 4. The van der Waals surface area contributed by atoms with E-state index < -0.39 is 97.5 Å². The van der Waals surface area contributed by atoms with Gasteiger partial charge in [0, 0.05) is 25.7 Å². The third-order valence-corrected chi connectivity index (χ3v) is 20.4. The Bertz CT molecular complexity index is 1890. The standard InChI is InChI=1S/C77H150O17P2/c1-9-69(7)55-47-39-30-24-21-22-25-32-41-49-57-74(79)87-63-72(93-76(81)59-51-43-33-26-20-18-16-14-12-11-13-15-17-19-23-29-37-45-53-67(3)4)65-91-95(83,84)89-61-71(78)62-90-96(85,86)92-66-73(64-88-75(80)58-50-42-36-35-38-46-54-68(5)6)94-77(82)60-52-44-34-28-27-31-40-48-56-70(8)10-2/h67-73,78H,9-66H2,1-8H3,(H,83,84)(H,85,86)/t69?,70?,71-,72-,73-/m1/s1. The van der Waals surface area contributed by atoms with E-state index in [1.54, 1.807) is 0 Å². The predicted molar refractivity (Wildman–Crippen MR) is 391 cm³/mol. The normalized spacial score (nSPS) is 14.7. The molecule has 7 atom stereocenters. The lowest BCUT2D eigenvalue weighted by atomic mass is 9.99. The molecule has 0 heterocycles. The van der Waals surface area contributed by atoms with Crippen LogP contribution in [0.15, 0.2) is 0 Å². The molecule has 0 amide bonds. The lowest BCUT2D eigenvalue weighted by Crippen LogP contribution is -2.30. The fourth-order valence-electron chi connectivity index (χ4n) is 11.7. The minimum Gasteiger partial charge on any atom is -0.462 e. The Morgan fingerprint density at radius 2 is 0.500 bits per heavy atom. The molecule has 96 heavy (non-hydrogen) atoms. The Labute approximate surface area is 588 Å². The van der Waals surface area contributed by atoms with E-state index in [-0.39, 0.29) is 25.7 Å². The van der Waals surface area contributed by atoms with Gasteiger partial charge in [-0.15, -0.1) is 0 Å². The number of esters is 4. The average molecular weight is 1410 g/mol. The molecule has 0 aliphatic heterocycles. The van der Waals surface area contributed by atoms with E-state index in [4.69, 9.17) is 37.0 Å². The molecule has 17 nitrogen and oxygen atoms in total. The van der Waals surface area contributed by atoms with Gasteiger partial charge in [0.25, 0.3) is 0 Å². The maximum Gasteiger partial charge on any atom is 0.472 e. The van der Waals surface area contributed by atoms with E-state index >= 15 is 0 Å². The molecule has 0 saturated carbocycles. The maximum atomic E-state index is 13.1. The first-order chi connectivity index (χ1) is 46.2. The number of hydrogen-bond donors (Lipinski definition) is 3. The largest absolute Gasteiger partial charge is 0.472 e. The van der Waals surface area contributed by atoms with E-state index in [0.717, 1.165) is 114 Å². The van der Waals surface area contributed by atoms with Crippen molar-refractivity contribution >= 4 is 39.5 Å². The summed E-state index contributed by atoms with van der Waals surface area (Å²) in [6.07, 6.45) is 51.5. The van der Waals surface area contributed by atoms with E-state index in [1.807, 2.05) is 0 Å². The summed E-state index contributed by atoms with van der Waals surface area (Å²) in [5, 5.41) is 10.6. The second kappa shape index (κ2) is 66.3. The number of phosphoric ester groups is 2. The van der Waals surface area contributed by atoms with Crippen molar-refractivity contribution in [1.29, 1.82) is 0 Å². The van der Waals surface area contributed by atoms with Crippen LogP contribution in [-0.2, 0) is 65.4 Å². The first-order valence-corrected chi connectivity index (χ1v) is 42.8. The van der Waals surface area contributed by atoms with Crippen LogP contribution in [0.25, 0.3) is 0 Å². The SMILES string of the molecule is CCC(C)CCCCCCCCCCCCC(=O)OC[C@H](COP(=O)(O)OC[C@@H](O)COP(=O)(O)OC[C@@H](COC(=O)CCCCCCCCC(C)C)OC(=O)CCCCCCCCCCC(C)CC)OC(=O)CCCCCCCCCCCCCCCCCCCCC(C)C. The molecule has 0 spiro atoms. The van der Waals surface area contributed by atoms with Crippen LogP contribution in [0.1, 0.15) is 389 Å². The van der Waals surface area contributed by atoms with Gasteiger partial charge in [-0.2, -0.15) is 0 Å². The molecule has 19 heteroatoms. The van der Waals surface area contributed by atoms with Crippen LogP contribution in [0.5, 0.6) is 0 Å². The van der Waals surface area contributed by atoms with E-state index in [1.165, 1.54) is 186 Å². The van der Waals surface area contributed by atoms with Crippen molar-refractivity contribution in [3.63, 3.8) is 0 Å². The second-order valence-electron chi connectivity index (χ2n) is 29.2. The molecule has 0 radical (unpaired) electrons. The number of aliphatic hydroxyl groups is 1. The van der Waals surface area contributed by atoms with Crippen molar-refractivity contribution in [3.8, 4) is 0 Å². The van der Waals surface area contributed by atoms with Crippen molar-refractivity contribution in [1.82, 2.24) is 0 Å². The number of phosphoric acid groups is 2. The molecule has 4 unspecified atom stereocenters. The monoisotopic (exact) mass is 1410 g/mol. The molecule has 0 saturated heterocycles. The highest BCUT2D eigenvalue weighted by Gasteiger charge is 2.30. The quantitative estimate of drug-likeness (QED) is 0.0222. The van der Waals surface area contributed by atoms with Gasteiger partial charge in [0.1, 0.15) is 19.3 Å². The highest BCUT2D eigenvalue weighted by atomic mass is 31.2. The van der Waals surface area contributed by atoms with Gasteiger partial charge in [0.05, 0.1) is 26.4 Å². The van der Waals surface area contributed by atoms with Crippen LogP contribution in [0, 0.1) is 23.7 Å². The number of unbranched alkanes of at least 4 members (excludes halogenated alkanes) is 38. The van der Waals surface area contributed by atoms with Gasteiger partial charge in [-0.1, -0.05) is 338 Å². The van der Waals surface area contributed by atoms with Crippen molar-refractivity contribution in [2.24, 2.45) is 23.7 Å². The summed E-state index contributed by atoms with van der Waals surface area (Å²) in [6, 6.07) is 0. The topological polar surface area (TPSA) is 237 Å². The number of aliphatic hydroxyl groups excluding tert-OH is 1. The van der Waals surface area contributed by atoms with Crippen molar-refractivity contribution in [3.05, 3.63) is 0 Å². The van der Waals surface area contributed by atoms with Crippen LogP contribution < -0.4 is 0 Å². The van der Waals surface area contributed by atoms with Gasteiger partial charge >= 0.3 is 39.5 Å². The fraction of sp³-hybridized carbons (Fsp3) is 0.948. The minimum absolute atomic E-state index is 0.104. The summed E-state index contributed by atoms with van der Waals surface area (Å²) in [6.45, 7) is 14.2. The minimum atomic E-state index is -4.96. The summed E-state index contributed by atoms with van der Waals surface area (Å²) < 4.78 is 68.5. The Morgan fingerprint density at radius 3 is 0.740 bits per heavy atom. The van der Waals surface area contributed by atoms with Crippen LogP contribution in [-0.4, -0.2) is 96.7 Å². The first kappa shape index (κ1) is 94.1. The smallest absolute Gasteiger partial charge is 0.462 e. The summed E-state index contributed by atoms with van der Waals surface area (Å²) in [5.74, 6) is 0.955. The van der Waals surface area contributed by atoms with E-state index in [2.05, 4.69) is 55.4 Å². The Balaban J connectivity index is 5.21. The van der Waals surface area contributed by atoms with Gasteiger partial charge in [-0.05, 0) is 49.4 Å². The Hall–Kier alpha value is -1.94. The average Bonchev–Trinajstić information content (AvgIpc) is 1.88. The van der Waals surface area contributed by atoms with Crippen LogP contribution in [0.4, 0.5) is 0 Å². The van der Waals surface area contributed by atoms with Crippen molar-refractivity contribution in [2.75, 3.05) is 39.6 Å². The molecule has 0 rings (SSSR count). The van der Waals surface area contributed by atoms with Crippen LogP contribution in [0.2, 0.25) is 0 Å². The number of ether oxygens (including phenoxy) is 4. The second-order valence-corrected chi connectivity index (χ2v) is 32.1. The summed E-state index contributed by atoms with van der Waals surface area (Å²) >= 11 is 0. The third kappa shape index (κ3) is 67.9. The lowest BCUT2D eigenvalue weighted by Gasteiger charge is -2.21. The van der Waals surface area contributed by atoms with Gasteiger partial charge in [-0.25, -0.2) is 9.13 Å². The fourth-order valence-corrected chi connectivity index (χ4v) is 13.2. The number of carbonyl (C=O) groups excluding carboxylic acids is 4. The molecule has 0 aliphatic rings. The Morgan fingerprint density at radius 1 is 0.292 bits per heavy atom. The molecule has 570 valence electrons. The van der Waals surface area contributed by atoms with E-state index in [9.17, 15) is 43.2 Å². The molecule has 0 aromatic rings. The predicted octanol–water partition coefficient (Wildman–Crippen LogP) is 22.4. The van der Waals surface area contributed by atoms with Gasteiger partial charge in [-0.3, -0.25) is 37.3 Å². The zero-order valence-electron chi connectivity index (χ0n) is 63.0. The Kier molecular flexibility index (Phi) is 65.0. The summed E-state index contributed by atoms with van der Waals surface area (Å²) in [5.41, 5.74) is 0. The highest BCUT2D eigenvalue weighted by Crippen LogP contribution is 2.45. The highest BCUT2D eigenvalue weighted by molar-refractivity contribution is 7.47. The molecule has 0 aliphatic carbocycles. The maximum absolute atomic E-state index is 13.1. The number of hydrogen-bond acceptors (Lipinski definition) is 15. The first-order valence-electron chi connectivity index (χ1n) is 39.8. The van der Waals surface area contributed by atoms with E-state index in [0.29, 0.717) is 31.6 Å². The van der Waals surface area contributed by atoms with Crippen molar-refractivity contribution in [2.45, 2.75) is 408 Å². The molecule has 3 N–H and O–H groups in total. The van der Waals surface area contributed by atoms with Crippen molar-refractivity contribution < 1.29 is 80.2 Å². The molecule has 0 aromatic heterocycles. The van der Waals surface area contributed by atoms with Gasteiger partial charge < -0.3 is 33.8 Å². The van der Waals surface area contributed by atoms with Crippen LogP contribution >= 0.6 is 15.6 Å². The lowest BCUT2D eigenvalue weighted by molar-refractivity contribution is -0.161.